The molecule has 1 aliphatic rings. The average Bonchev–Trinajstić information content (AvgIpc) is 3.36. The van der Waals surface area contributed by atoms with E-state index in [0.717, 1.165) is 54.6 Å². The van der Waals surface area contributed by atoms with Gasteiger partial charge in [0, 0.05) is 31.1 Å². The Morgan fingerprint density at radius 2 is 1.93 bits per heavy atom. The van der Waals surface area contributed by atoms with Crippen molar-refractivity contribution >= 4 is 16.8 Å². The third-order valence-electron chi connectivity index (χ3n) is 6.77. The number of nitrogens with zero attached hydrogens (tertiary/aromatic N) is 2. The third kappa shape index (κ3) is 5.09. The number of ketones is 1. The highest BCUT2D eigenvalue weighted by molar-refractivity contribution is 5.99. The molecule has 1 aromatic carbocycles. The van der Waals surface area contributed by atoms with Crippen molar-refractivity contribution in [2.75, 3.05) is 6.61 Å². The number of aliphatic hydroxyl groups excluding tert-OH is 1. The van der Waals surface area contributed by atoms with E-state index in [4.69, 9.17) is 4.98 Å². The van der Waals surface area contributed by atoms with Crippen molar-refractivity contribution in [3.63, 3.8) is 0 Å². The fourth-order valence-electron chi connectivity index (χ4n) is 5.05. The molecular weight excluding hydrogens is 360 g/mol. The number of aromatic nitrogens is 2. The molecule has 1 heterocycles. The first-order valence-corrected chi connectivity index (χ1v) is 11.8. The number of rotatable bonds is 11. The summed E-state index contributed by atoms with van der Waals surface area (Å²) in [6.07, 6.45) is 10.9. The van der Waals surface area contributed by atoms with Gasteiger partial charge in [0.25, 0.3) is 0 Å². The fraction of sp³-hybridized carbons (Fsp3) is 0.680. The molecule has 1 unspecified atom stereocenters. The van der Waals surface area contributed by atoms with Crippen LogP contribution in [0.15, 0.2) is 18.2 Å². The van der Waals surface area contributed by atoms with Crippen LogP contribution >= 0.6 is 0 Å². The van der Waals surface area contributed by atoms with Crippen LogP contribution in [0.5, 0.6) is 0 Å². The second-order valence-electron chi connectivity index (χ2n) is 8.89. The number of carbonyl (C=O) groups excluding carboxylic acids is 1. The van der Waals surface area contributed by atoms with Gasteiger partial charge in [-0.05, 0) is 49.3 Å². The molecule has 1 N–H and O–H groups in total. The summed E-state index contributed by atoms with van der Waals surface area (Å²) in [6, 6.07) is 6.50. The van der Waals surface area contributed by atoms with E-state index in [0.29, 0.717) is 12.5 Å². The van der Waals surface area contributed by atoms with E-state index in [1.807, 2.05) is 12.1 Å². The maximum absolute atomic E-state index is 12.8. The maximum Gasteiger partial charge on any atom is 0.163 e. The molecule has 4 nitrogen and oxygen atoms in total. The molecule has 0 spiro atoms. The van der Waals surface area contributed by atoms with Crippen molar-refractivity contribution in [1.29, 1.82) is 0 Å². The van der Waals surface area contributed by atoms with Crippen LogP contribution in [0.3, 0.4) is 0 Å². The zero-order chi connectivity index (χ0) is 20.8. The number of hydrogen-bond acceptors (Lipinski definition) is 3. The van der Waals surface area contributed by atoms with E-state index in [1.165, 1.54) is 31.5 Å². The van der Waals surface area contributed by atoms with Gasteiger partial charge in [-0.3, -0.25) is 4.79 Å². The zero-order valence-corrected chi connectivity index (χ0v) is 18.5. The van der Waals surface area contributed by atoms with Crippen LogP contribution < -0.4 is 0 Å². The molecule has 4 heteroatoms. The van der Waals surface area contributed by atoms with E-state index in [2.05, 4.69) is 31.4 Å². The van der Waals surface area contributed by atoms with Crippen LogP contribution in [0.25, 0.3) is 11.0 Å². The zero-order valence-electron chi connectivity index (χ0n) is 18.5. The molecule has 1 saturated carbocycles. The van der Waals surface area contributed by atoms with E-state index in [9.17, 15) is 9.90 Å². The smallest absolute Gasteiger partial charge is 0.163 e. The van der Waals surface area contributed by atoms with Crippen LogP contribution in [-0.4, -0.2) is 27.0 Å². The lowest BCUT2D eigenvalue weighted by molar-refractivity contribution is 0.0931. The second kappa shape index (κ2) is 10.4. The van der Waals surface area contributed by atoms with Gasteiger partial charge in [0.15, 0.2) is 5.78 Å². The monoisotopic (exact) mass is 398 g/mol. The van der Waals surface area contributed by atoms with Crippen molar-refractivity contribution in [1.82, 2.24) is 9.55 Å². The second-order valence-corrected chi connectivity index (χ2v) is 8.89. The largest absolute Gasteiger partial charge is 0.396 e. The minimum absolute atomic E-state index is 0.0586. The fourth-order valence-corrected chi connectivity index (χ4v) is 5.05. The molecule has 0 bridgehead atoms. The predicted molar refractivity (Wildman–Crippen MR) is 119 cm³/mol. The van der Waals surface area contributed by atoms with Crippen molar-refractivity contribution in [3.05, 3.63) is 29.6 Å². The Morgan fingerprint density at radius 3 is 2.55 bits per heavy atom. The van der Waals surface area contributed by atoms with E-state index < -0.39 is 0 Å². The van der Waals surface area contributed by atoms with E-state index in [1.54, 1.807) is 0 Å². The van der Waals surface area contributed by atoms with Gasteiger partial charge in [0.2, 0.25) is 0 Å². The summed E-state index contributed by atoms with van der Waals surface area (Å²) in [5, 5.41) is 9.55. The normalized spacial score (nSPS) is 16.2. The van der Waals surface area contributed by atoms with E-state index in [-0.39, 0.29) is 18.3 Å². The van der Waals surface area contributed by atoms with Gasteiger partial charge in [-0.15, -0.1) is 0 Å². The molecule has 3 rings (SSSR count). The van der Waals surface area contributed by atoms with Crippen molar-refractivity contribution < 1.29 is 9.90 Å². The molecular formula is C25H38N2O2. The molecule has 1 aromatic heterocycles. The van der Waals surface area contributed by atoms with Gasteiger partial charge < -0.3 is 9.67 Å². The van der Waals surface area contributed by atoms with E-state index >= 15 is 0 Å². The highest BCUT2D eigenvalue weighted by Gasteiger charge is 2.23. The Balaban J connectivity index is 1.92. The summed E-state index contributed by atoms with van der Waals surface area (Å²) in [5.74, 6) is 2.13. The molecule has 29 heavy (non-hydrogen) atoms. The van der Waals surface area contributed by atoms with Crippen molar-refractivity contribution in [2.24, 2.45) is 11.8 Å². The molecule has 1 fully saturated rings. The minimum Gasteiger partial charge on any atom is -0.396 e. The summed E-state index contributed by atoms with van der Waals surface area (Å²) in [4.78, 5) is 17.8. The average molecular weight is 399 g/mol. The first-order valence-electron chi connectivity index (χ1n) is 11.8. The Hall–Kier alpha value is -1.68. The summed E-state index contributed by atoms with van der Waals surface area (Å²) in [7, 11) is 0. The highest BCUT2D eigenvalue weighted by atomic mass is 16.3. The summed E-state index contributed by atoms with van der Waals surface area (Å²) in [6.45, 7) is 6.67. The molecule has 0 saturated heterocycles. The number of hydrogen-bond donors (Lipinski definition) is 1. The number of fused-ring (bicyclic) bond motifs is 1. The topological polar surface area (TPSA) is 55.1 Å². The predicted octanol–water partition coefficient (Wildman–Crippen LogP) is 6.11. The maximum atomic E-state index is 12.8. The van der Waals surface area contributed by atoms with Crippen LogP contribution in [0.1, 0.15) is 101 Å². The van der Waals surface area contributed by atoms with Crippen LogP contribution in [0.2, 0.25) is 0 Å². The molecule has 0 aliphatic heterocycles. The first kappa shape index (κ1) is 22.0. The molecule has 0 amide bonds. The van der Waals surface area contributed by atoms with Crippen LogP contribution in [0.4, 0.5) is 0 Å². The Kier molecular flexibility index (Phi) is 7.88. The Labute approximate surface area is 175 Å². The van der Waals surface area contributed by atoms with Crippen molar-refractivity contribution in [2.45, 2.75) is 91.0 Å². The quantitative estimate of drug-likeness (QED) is 0.464. The van der Waals surface area contributed by atoms with Crippen molar-refractivity contribution in [3.8, 4) is 0 Å². The number of carbonyl (C=O) groups is 1. The minimum atomic E-state index is 0.0586. The molecule has 1 atom stereocenters. The van der Waals surface area contributed by atoms with Gasteiger partial charge in [-0.1, -0.05) is 52.9 Å². The summed E-state index contributed by atoms with van der Waals surface area (Å²) in [5.41, 5.74) is 2.84. The SMILES string of the molecule is CCCC(CO)CC(=O)c1ccc2c(c1)nc(CC1CCCC1)n2C(CC)CC. The molecule has 0 radical (unpaired) electrons. The van der Waals surface area contributed by atoms with Gasteiger partial charge in [0.1, 0.15) is 5.82 Å². The van der Waals surface area contributed by atoms with Gasteiger partial charge in [0.05, 0.1) is 11.0 Å². The number of imidazole rings is 1. The number of Topliss-reactive ketones (excluding diaryl/α,β-unsaturated/α-hetero) is 1. The lowest BCUT2D eigenvalue weighted by Crippen LogP contribution is -2.14. The lowest BCUT2D eigenvalue weighted by Gasteiger charge is -2.20. The van der Waals surface area contributed by atoms with Gasteiger partial charge >= 0.3 is 0 Å². The van der Waals surface area contributed by atoms with Crippen LogP contribution in [-0.2, 0) is 6.42 Å². The lowest BCUT2D eigenvalue weighted by atomic mass is 9.95. The highest BCUT2D eigenvalue weighted by Crippen LogP contribution is 2.32. The molecule has 2 aromatic rings. The third-order valence-corrected chi connectivity index (χ3v) is 6.77. The summed E-state index contributed by atoms with van der Waals surface area (Å²) >= 11 is 0. The van der Waals surface area contributed by atoms with Gasteiger partial charge in [-0.2, -0.15) is 0 Å². The Morgan fingerprint density at radius 1 is 1.21 bits per heavy atom. The van der Waals surface area contributed by atoms with Gasteiger partial charge in [-0.25, -0.2) is 4.98 Å². The molecule has 160 valence electrons. The first-order chi connectivity index (χ1) is 14.1. The number of aliphatic hydroxyl groups is 1. The Bertz CT molecular complexity index is 801. The summed E-state index contributed by atoms with van der Waals surface area (Å²) < 4.78 is 2.45. The standard InChI is InChI=1S/C25H38N2O2/c1-4-9-19(17-28)14-24(29)20-12-13-23-22(16-20)26-25(15-18-10-7-8-11-18)27(23)21(5-2)6-3/h12-13,16,18-19,21,28H,4-11,14-15,17H2,1-3H3. The number of benzene rings is 1. The molecule has 1 aliphatic carbocycles. The van der Waals surface area contributed by atoms with Crippen LogP contribution in [0, 0.1) is 11.8 Å².